The van der Waals surface area contributed by atoms with Crippen molar-refractivity contribution < 1.29 is 13.9 Å². The van der Waals surface area contributed by atoms with Crippen molar-refractivity contribution in [3.63, 3.8) is 0 Å². The van der Waals surface area contributed by atoms with Crippen LogP contribution < -0.4 is 4.90 Å². The maximum Gasteiger partial charge on any atom is 0.410 e. The Labute approximate surface area is 153 Å². The zero-order valence-electron chi connectivity index (χ0n) is 15.4. The molecule has 0 radical (unpaired) electrons. The molecule has 2 heterocycles. The molecule has 1 fully saturated rings. The van der Waals surface area contributed by atoms with Crippen molar-refractivity contribution in [1.29, 1.82) is 0 Å². The van der Waals surface area contributed by atoms with Crippen molar-refractivity contribution in [2.75, 3.05) is 31.1 Å². The van der Waals surface area contributed by atoms with Crippen molar-refractivity contribution in [3.05, 3.63) is 48.5 Å². The van der Waals surface area contributed by atoms with E-state index in [2.05, 4.69) is 9.88 Å². The summed E-state index contributed by atoms with van der Waals surface area (Å²) in [6, 6.07) is 9.46. The van der Waals surface area contributed by atoms with Crippen LogP contribution in [-0.4, -0.2) is 47.8 Å². The minimum absolute atomic E-state index is 0.308. The number of hydrogen-bond donors (Lipinski definition) is 0. The summed E-state index contributed by atoms with van der Waals surface area (Å²) in [4.78, 5) is 20.0. The minimum atomic E-state index is -0.513. The summed E-state index contributed by atoms with van der Waals surface area (Å²) in [5, 5.41) is 0. The summed E-state index contributed by atoms with van der Waals surface area (Å²) in [5.74, 6) is -0.344. The van der Waals surface area contributed by atoms with Gasteiger partial charge in [-0.25, -0.2) is 9.18 Å². The predicted molar refractivity (Wildman–Crippen MR) is 99.7 cm³/mol. The second-order valence-corrected chi connectivity index (χ2v) is 7.34. The lowest BCUT2D eigenvalue weighted by atomic mass is 10.0. The number of amides is 1. The molecule has 0 aliphatic carbocycles. The Kier molecular flexibility index (Phi) is 5.11. The van der Waals surface area contributed by atoms with Gasteiger partial charge in [0.2, 0.25) is 0 Å². The third kappa shape index (κ3) is 4.12. The number of benzene rings is 1. The van der Waals surface area contributed by atoms with E-state index in [1.807, 2.05) is 51.1 Å². The number of hydrogen-bond acceptors (Lipinski definition) is 4. The largest absolute Gasteiger partial charge is 0.444 e. The van der Waals surface area contributed by atoms with Gasteiger partial charge in [0.05, 0.1) is 18.1 Å². The highest BCUT2D eigenvalue weighted by Gasteiger charge is 2.27. The van der Waals surface area contributed by atoms with E-state index in [9.17, 15) is 9.18 Å². The lowest BCUT2D eigenvalue weighted by Crippen LogP contribution is -2.50. The molecule has 1 saturated heterocycles. The van der Waals surface area contributed by atoms with E-state index in [0.717, 1.165) is 11.3 Å². The van der Waals surface area contributed by atoms with Gasteiger partial charge in [0.25, 0.3) is 0 Å². The molecule has 138 valence electrons. The third-order valence-corrected chi connectivity index (χ3v) is 4.21. The number of nitrogens with zero attached hydrogens (tertiary/aromatic N) is 3. The van der Waals surface area contributed by atoms with Crippen LogP contribution in [0.5, 0.6) is 0 Å². The Hall–Kier alpha value is -2.63. The summed E-state index contributed by atoms with van der Waals surface area (Å²) in [6.07, 6.45) is 2.62. The van der Waals surface area contributed by atoms with Crippen LogP contribution in [0.4, 0.5) is 14.9 Å². The number of aromatic nitrogens is 1. The van der Waals surface area contributed by atoms with Crippen molar-refractivity contribution in [3.8, 4) is 11.1 Å². The van der Waals surface area contributed by atoms with Crippen LogP contribution in [0.25, 0.3) is 11.1 Å². The van der Waals surface area contributed by atoms with Crippen molar-refractivity contribution in [2.45, 2.75) is 26.4 Å². The van der Waals surface area contributed by atoms with Crippen molar-refractivity contribution in [2.24, 2.45) is 0 Å². The number of carbonyl (C=O) groups is 1. The SMILES string of the molecule is CC(C)(C)OC(=O)N1CCN(c2cncc(F)c2-c2ccccc2)CC1. The fourth-order valence-corrected chi connectivity index (χ4v) is 3.01. The second kappa shape index (κ2) is 7.32. The number of halogens is 1. The van der Waals surface area contributed by atoms with E-state index in [0.29, 0.717) is 31.7 Å². The van der Waals surface area contributed by atoms with Gasteiger partial charge in [-0.2, -0.15) is 0 Å². The van der Waals surface area contributed by atoms with E-state index in [4.69, 9.17) is 4.74 Å². The molecule has 0 saturated carbocycles. The first-order chi connectivity index (χ1) is 12.3. The Morgan fingerprint density at radius 3 is 2.35 bits per heavy atom. The fraction of sp³-hybridized carbons (Fsp3) is 0.400. The highest BCUT2D eigenvalue weighted by atomic mass is 19.1. The highest BCUT2D eigenvalue weighted by molar-refractivity contribution is 5.78. The summed E-state index contributed by atoms with van der Waals surface area (Å²) in [5.41, 5.74) is 1.60. The summed E-state index contributed by atoms with van der Waals surface area (Å²) < 4.78 is 19.9. The van der Waals surface area contributed by atoms with Gasteiger partial charge in [0.15, 0.2) is 5.82 Å². The molecule has 3 rings (SSSR count). The van der Waals surface area contributed by atoms with Crippen molar-refractivity contribution >= 4 is 11.8 Å². The Morgan fingerprint density at radius 2 is 1.73 bits per heavy atom. The Balaban J connectivity index is 1.77. The quantitative estimate of drug-likeness (QED) is 0.817. The molecule has 1 aromatic carbocycles. The Bertz CT molecular complexity index is 766. The number of ether oxygens (including phenoxy) is 1. The molecular formula is C20H24FN3O2. The molecule has 2 aromatic rings. The first kappa shape index (κ1) is 18.2. The maximum absolute atomic E-state index is 14.5. The van der Waals surface area contributed by atoms with E-state index >= 15 is 0 Å². The van der Waals surface area contributed by atoms with Crippen LogP contribution in [0, 0.1) is 5.82 Å². The summed E-state index contributed by atoms with van der Waals surface area (Å²) in [6.45, 7) is 7.82. The molecule has 0 atom stereocenters. The normalized spacial score (nSPS) is 15.1. The average Bonchev–Trinajstić information content (AvgIpc) is 2.61. The molecule has 1 amide bonds. The number of rotatable bonds is 2. The maximum atomic E-state index is 14.5. The first-order valence-corrected chi connectivity index (χ1v) is 8.77. The summed E-state index contributed by atoms with van der Waals surface area (Å²) in [7, 11) is 0. The lowest BCUT2D eigenvalue weighted by molar-refractivity contribution is 0.0240. The van der Waals surface area contributed by atoms with E-state index in [1.54, 1.807) is 11.1 Å². The lowest BCUT2D eigenvalue weighted by Gasteiger charge is -2.37. The molecule has 5 nitrogen and oxygen atoms in total. The van der Waals surface area contributed by atoms with Gasteiger partial charge < -0.3 is 14.5 Å². The van der Waals surface area contributed by atoms with Crippen LogP contribution in [0.15, 0.2) is 42.7 Å². The monoisotopic (exact) mass is 357 g/mol. The molecular weight excluding hydrogens is 333 g/mol. The molecule has 0 spiro atoms. The minimum Gasteiger partial charge on any atom is -0.444 e. The molecule has 1 aromatic heterocycles. The molecule has 6 heteroatoms. The second-order valence-electron chi connectivity index (χ2n) is 7.34. The van der Waals surface area contributed by atoms with Gasteiger partial charge in [-0.15, -0.1) is 0 Å². The molecule has 1 aliphatic heterocycles. The number of carbonyl (C=O) groups excluding carboxylic acids is 1. The van der Waals surface area contributed by atoms with Crippen LogP contribution in [0.2, 0.25) is 0 Å². The first-order valence-electron chi connectivity index (χ1n) is 8.77. The van der Waals surface area contributed by atoms with Gasteiger partial charge in [-0.3, -0.25) is 4.98 Å². The van der Waals surface area contributed by atoms with E-state index < -0.39 is 5.60 Å². The standard InChI is InChI=1S/C20H24FN3O2/c1-20(2,3)26-19(25)24-11-9-23(10-12-24)17-14-22-13-16(21)18(17)15-7-5-4-6-8-15/h4-8,13-14H,9-12H2,1-3H3. The summed E-state index contributed by atoms with van der Waals surface area (Å²) >= 11 is 0. The number of piperazine rings is 1. The van der Waals surface area contributed by atoms with Gasteiger partial charge in [0, 0.05) is 31.7 Å². The van der Waals surface area contributed by atoms with Gasteiger partial charge in [0.1, 0.15) is 5.60 Å². The van der Waals surface area contributed by atoms with Gasteiger partial charge >= 0.3 is 6.09 Å². The zero-order valence-corrected chi connectivity index (χ0v) is 15.4. The topological polar surface area (TPSA) is 45.7 Å². The molecule has 0 unspecified atom stereocenters. The van der Waals surface area contributed by atoms with E-state index in [-0.39, 0.29) is 11.9 Å². The molecule has 1 aliphatic rings. The average molecular weight is 357 g/mol. The fourth-order valence-electron chi connectivity index (χ4n) is 3.01. The van der Waals surface area contributed by atoms with E-state index in [1.165, 1.54) is 6.20 Å². The Morgan fingerprint density at radius 1 is 1.08 bits per heavy atom. The molecule has 26 heavy (non-hydrogen) atoms. The van der Waals surface area contributed by atoms with Crippen LogP contribution >= 0.6 is 0 Å². The smallest absolute Gasteiger partial charge is 0.410 e. The van der Waals surface area contributed by atoms with Crippen LogP contribution in [-0.2, 0) is 4.74 Å². The predicted octanol–water partition coefficient (Wildman–Crippen LogP) is 3.94. The zero-order chi connectivity index (χ0) is 18.7. The van der Waals surface area contributed by atoms with Gasteiger partial charge in [-0.05, 0) is 26.3 Å². The van der Waals surface area contributed by atoms with Crippen LogP contribution in [0.3, 0.4) is 0 Å². The molecule has 0 N–H and O–H groups in total. The number of pyridine rings is 1. The van der Waals surface area contributed by atoms with Gasteiger partial charge in [-0.1, -0.05) is 30.3 Å². The molecule has 0 bridgehead atoms. The van der Waals surface area contributed by atoms with Crippen LogP contribution in [0.1, 0.15) is 20.8 Å². The number of anilines is 1. The third-order valence-electron chi connectivity index (χ3n) is 4.21. The highest BCUT2D eigenvalue weighted by Crippen LogP contribution is 2.33. The van der Waals surface area contributed by atoms with Crippen molar-refractivity contribution in [1.82, 2.24) is 9.88 Å².